The second-order valence-corrected chi connectivity index (χ2v) is 6.37. The molecule has 4 heteroatoms. The molecule has 0 aliphatic carbocycles. The van der Waals surface area contributed by atoms with Gasteiger partial charge in [0.2, 0.25) is 0 Å². The zero-order valence-corrected chi connectivity index (χ0v) is 12.9. The van der Waals surface area contributed by atoms with Gasteiger partial charge in [-0.1, -0.05) is 24.3 Å². The van der Waals surface area contributed by atoms with E-state index in [4.69, 9.17) is 0 Å². The number of nitrogens with zero attached hydrogens (tertiary/aromatic N) is 2. The molecule has 3 rings (SSSR count). The topological polar surface area (TPSA) is 34.9 Å². The van der Waals surface area contributed by atoms with Gasteiger partial charge in [0, 0.05) is 11.1 Å². The summed E-state index contributed by atoms with van der Waals surface area (Å²) in [5, 5.41) is 4.60. The van der Waals surface area contributed by atoms with Crippen LogP contribution in [-0.2, 0) is 6.54 Å². The molecular formula is C17H16N2OS. The van der Waals surface area contributed by atoms with Crippen LogP contribution in [0.25, 0.3) is 10.6 Å². The molecule has 0 aliphatic rings. The average molecular weight is 296 g/mol. The van der Waals surface area contributed by atoms with E-state index in [1.807, 2.05) is 29.1 Å². The minimum Gasteiger partial charge on any atom is -0.298 e. The van der Waals surface area contributed by atoms with Crippen molar-refractivity contribution in [3.05, 3.63) is 64.2 Å². The van der Waals surface area contributed by atoms with E-state index in [0.717, 1.165) is 16.9 Å². The lowest BCUT2D eigenvalue weighted by Gasteiger charge is -2.05. The second-order valence-electron chi connectivity index (χ2n) is 5.09. The van der Waals surface area contributed by atoms with Crippen LogP contribution >= 0.6 is 11.3 Å². The molecule has 21 heavy (non-hydrogen) atoms. The Balaban J connectivity index is 1.96. The quantitative estimate of drug-likeness (QED) is 0.680. The summed E-state index contributed by atoms with van der Waals surface area (Å²) in [5.74, 6) is 0. The second kappa shape index (κ2) is 5.66. The van der Waals surface area contributed by atoms with Crippen molar-refractivity contribution < 1.29 is 4.79 Å². The Hall–Kier alpha value is -2.20. The van der Waals surface area contributed by atoms with Gasteiger partial charge < -0.3 is 0 Å². The number of hydrogen-bond donors (Lipinski definition) is 0. The van der Waals surface area contributed by atoms with Crippen molar-refractivity contribution in [1.29, 1.82) is 0 Å². The van der Waals surface area contributed by atoms with Crippen LogP contribution in [0.15, 0.2) is 42.6 Å². The Kier molecular flexibility index (Phi) is 3.71. The van der Waals surface area contributed by atoms with Crippen LogP contribution < -0.4 is 0 Å². The summed E-state index contributed by atoms with van der Waals surface area (Å²) in [5.41, 5.74) is 3.86. The predicted octanol–water partition coefficient (Wildman–Crippen LogP) is 4.09. The summed E-state index contributed by atoms with van der Waals surface area (Å²) in [6.07, 6.45) is 2.70. The molecule has 0 spiro atoms. The number of thiophene rings is 1. The maximum absolute atomic E-state index is 11.3. The minimum atomic E-state index is 0.644. The van der Waals surface area contributed by atoms with E-state index in [1.165, 1.54) is 16.0 Å². The number of rotatable bonds is 4. The van der Waals surface area contributed by atoms with Gasteiger partial charge in [0.05, 0.1) is 17.0 Å². The van der Waals surface area contributed by atoms with Crippen LogP contribution in [0.5, 0.6) is 0 Å². The van der Waals surface area contributed by atoms with E-state index < -0.39 is 0 Å². The summed E-state index contributed by atoms with van der Waals surface area (Å²) < 4.78 is 1.84. The largest absolute Gasteiger partial charge is 0.298 e. The predicted molar refractivity (Wildman–Crippen MR) is 85.9 cm³/mol. The van der Waals surface area contributed by atoms with Gasteiger partial charge in [-0.3, -0.25) is 9.48 Å². The van der Waals surface area contributed by atoms with Crippen LogP contribution in [0.2, 0.25) is 0 Å². The van der Waals surface area contributed by atoms with Crippen molar-refractivity contribution in [3.8, 4) is 10.6 Å². The normalized spacial score (nSPS) is 10.8. The third kappa shape index (κ3) is 2.81. The first-order valence-electron chi connectivity index (χ1n) is 6.81. The summed E-state index contributed by atoms with van der Waals surface area (Å²) in [6.45, 7) is 4.82. The molecule has 0 fully saturated rings. The molecule has 0 amide bonds. The van der Waals surface area contributed by atoms with E-state index in [-0.39, 0.29) is 0 Å². The van der Waals surface area contributed by atoms with Crippen LogP contribution in [0.1, 0.15) is 26.4 Å². The fourth-order valence-corrected chi connectivity index (χ4v) is 3.19. The van der Waals surface area contributed by atoms with E-state index >= 15 is 0 Å². The molecule has 0 saturated heterocycles. The number of aryl methyl sites for hydroxylation is 2. The highest BCUT2D eigenvalue weighted by Crippen LogP contribution is 2.28. The first kappa shape index (κ1) is 13.8. The number of benzene rings is 1. The molecule has 0 bridgehead atoms. The van der Waals surface area contributed by atoms with Gasteiger partial charge in [-0.15, -0.1) is 11.3 Å². The fraction of sp³-hybridized carbons (Fsp3) is 0.176. The van der Waals surface area contributed by atoms with E-state index in [2.05, 4.69) is 37.1 Å². The fourth-order valence-electron chi connectivity index (χ4n) is 2.32. The van der Waals surface area contributed by atoms with Gasteiger partial charge in [-0.25, -0.2) is 0 Å². The van der Waals surface area contributed by atoms with E-state index in [0.29, 0.717) is 12.1 Å². The summed E-state index contributed by atoms with van der Waals surface area (Å²) in [6, 6.07) is 12.3. The lowest BCUT2D eigenvalue weighted by molar-refractivity contribution is 0.112. The number of aldehydes is 1. The first-order chi connectivity index (χ1) is 10.2. The summed E-state index contributed by atoms with van der Waals surface area (Å²) in [4.78, 5) is 13.5. The molecular weight excluding hydrogens is 280 g/mol. The van der Waals surface area contributed by atoms with Gasteiger partial charge in [0.1, 0.15) is 5.69 Å². The molecule has 0 unspecified atom stereocenters. The summed E-state index contributed by atoms with van der Waals surface area (Å²) in [7, 11) is 0. The molecule has 0 saturated carbocycles. The van der Waals surface area contributed by atoms with Gasteiger partial charge in [0.15, 0.2) is 6.29 Å². The third-order valence-electron chi connectivity index (χ3n) is 3.48. The Morgan fingerprint density at radius 2 is 2.00 bits per heavy atom. The van der Waals surface area contributed by atoms with Crippen LogP contribution in [0.4, 0.5) is 0 Å². The van der Waals surface area contributed by atoms with Crippen molar-refractivity contribution in [2.45, 2.75) is 20.4 Å². The number of hydrogen-bond acceptors (Lipinski definition) is 3. The average Bonchev–Trinajstić information content (AvgIpc) is 3.07. The molecule has 1 aromatic carbocycles. The first-order valence-corrected chi connectivity index (χ1v) is 7.63. The van der Waals surface area contributed by atoms with Gasteiger partial charge in [-0.05, 0) is 37.1 Å². The van der Waals surface area contributed by atoms with Crippen LogP contribution in [-0.4, -0.2) is 16.1 Å². The monoisotopic (exact) mass is 296 g/mol. The van der Waals surface area contributed by atoms with Crippen LogP contribution in [0.3, 0.4) is 0 Å². The zero-order valence-electron chi connectivity index (χ0n) is 12.0. The highest BCUT2D eigenvalue weighted by molar-refractivity contribution is 7.15. The maximum atomic E-state index is 11.3. The lowest BCUT2D eigenvalue weighted by Crippen LogP contribution is -2.01. The standard InChI is InChI=1S/C17H16N2OS/c1-12-5-3-4-6-14(12)9-19-10-15(11-20)17(18-19)16-8-7-13(2)21-16/h3-8,10-11H,9H2,1-2H3. The van der Waals surface area contributed by atoms with Crippen molar-refractivity contribution in [2.75, 3.05) is 0 Å². The van der Waals surface area contributed by atoms with Crippen LogP contribution in [0, 0.1) is 13.8 Å². The van der Waals surface area contributed by atoms with E-state index in [9.17, 15) is 4.79 Å². The minimum absolute atomic E-state index is 0.644. The Morgan fingerprint density at radius 3 is 2.67 bits per heavy atom. The van der Waals surface area contributed by atoms with Crippen molar-refractivity contribution in [3.63, 3.8) is 0 Å². The molecule has 3 aromatic rings. The Morgan fingerprint density at radius 1 is 1.19 bits per heavy atom. The van der Waals surface area contributed by atoms with Gasteiger partial charge in [0.25, 0.3) is 0 Å². The number of carbonyl (C=O) groups is 1. The molecule has 0 N–H and O–H groups in total. The molecule has 0 radical (unpaired) electrons. The molecule has 2 aromatic heterocycles. The highest BCUT2D eigenvalue weighted by atomic mass is 32.1. The third-order valence-corrected chi connectivity index (χ3v) is 4.49. The van der Waals surface area contributed by atoms with Crippen molar-refractivity contribution in [1.82, 2.24) is 9.78 Å². The molecule has 0 atom stereocenters. The maximum Gasteiger partial charge on any atom is 0.153 e. The van der Waals surface area contributed by atoms with Gasteiger partial charge >= 0.3 is 0 Å². The SMILES string of the molecule is Cc1ccc(-c2nn(Cc3ccccc3C)cc2C=O)s1. The lowest BCUT2D eigenvalue weighted by atomic mass is 10.1. The number of carbonyl (C=O) groups excluding carboxylic acids is 1. The Bertz CT molecular complexity index is 786. The molecule has 0 aliphatic heterocycles. The van der Waals surface area contributed by atoms with Gasteiger partial charge in [-0.2, -0.15) is 5.10 Å². The van der Waals surface area contributed by atoms with Crippen molar-refractivity contribution in [2.24, 2.45) is 0 Å². The smallest absolute Gasteiger partial charge is 0.153 e. The number of aromatic nitrogens is 2. The summed E-state index contributed by atoms with van der Waals surface area (Å²) >= 11 is 1.66. The Labute approximate surface area is 127 Å². The zero-order chi connectivity index (χ0) is 14.8. The van der Waals surface area contributed by atoms with Crippen molar-refractivity contribution >= 4 is 17.6 Å². The highest BCUT2D eigenvalue weighted by Gasteiger charge is 2.12. The molecule has 106 valence electrons. The molecule has 2 heterocycles. The van der Waals surface area contributed by atoms with E-state index in [1.54, 1.807) is 11.3 Å². The molecule has 3 nitrogen and oxygen atoms in total.